The third-order valence-corrected chi connectivity index (χ3v) is 21.4. The van der Waals surface area contributed by atoms with Gasteiger partial charge in [-0.1, -0.05) is 53.2 Å². The van der Waals surface area contributed by atoms with E-state index in [1.54, 1.807) is 14.0 Å². The molecule has 28 atom stereocenters. The summed E-state index contributed by atoms with van der Waals surface area (Å²) in [6.45, 7) is 14.3. The minimum absolute atomic E-state index is 0.0816. The largest absolute Gasteiger partial charge is 0.432 e. The number of carbonyl (C=O) groups excluding carboxylic acids is 2. The summed E-state index contributed by atoms with van der Waals surface area (Å²) >= 11 is 0. The summed E-state index contributed by atoms with van der Waals surface area (Å²) in [5, 5.41) is 125. The van der Waals surface area contributed by atoms with Crippen LogP contribution < -0.4 is 5.32 Å². The average Bonchev–Trinajstić information content (AvgIpc) is 3.59. The average molecular weight is 1120 g/mol. The maximum absolute atomic E-state index is 15.7. The molecule has 446 valence electrons. The number of carbonyl (C=O) groups is 2. The molecule has 0 spiro atoms. The van der Waals surface area contributed by atoms with Gasteiger partial charge in [0.2, 0.25) is 12.2 Å². The minimum atomic E-state index is -1.99. The van der Waals surface area contributed by atoms with Crippen molar-refractivity contribution in [3.63, 3.8) is 0 Å². The van der Waals surface area contributed by atoms with E-state index in [0.717, 1.165) is 24.8 Å². The van der Waals surface area contributed by atoms with Crippen LogP contribution in [0.25, 0.3) is 0 Å². The lowest BCUT2D eigenvalue weighted by Crippen LogP contribution is -2.70. The molecule has 23 nitrogen and oxygen atoms in total. The molecule has 78 heavy (non-hydrogen) atoms. The maximum atomic E-state index is 15.7. The molecule has 0 aromatic carbocycles. The molecule has 5 aliphatic carbocycles. The number of allylic oxidation sites excluding steroid dienone is 2. The van der Waals surface area contributed by atoms with Gasteiger partial charge in [0, 0.05) is 7.11 Å². The fourth-order valence-electron chi connectivity index (χ4n) is 16.4. The Morgan fingerprint density at radius 3 is 2.04 bits per heavy atom. The summed E-state index contributed by atoms with van der Waals surface area (Å²) in [6.07, 6.45) is -20.8. The predicted octanol–water partition coefficient (Wildman–Crippen LogP) is -0.846. The molecule has 0 aromatic heterocycles. The van der Waals surface area contributed by atoms with Gasteiger partial charge in [-0.3, -0.25) is 9.59 Å². The second kappa shape index (κ2) is 22.2. The summed E-state index contributed by atoms with van der Waals surface area (Å²) in [7, 11) is 1.68. The predicted molar refractivity (Wildman–Crippen MR) is 269 cm³/mol. The first-order chi connectivity index (χ1) is 36.6. The second-order valence-electron chi connectivity index (χ2n) is 26.0. The highest BCUT2D eigenvalue weighted by Crippen LogP contribution is 2.75. The van der Waals surface area contributed by atoms with E-state index < -0.39 is 177 Å². The number of fused-ring (bicyclic) bond motifs is 7. The van der Waals surface area contributed by atoms with Crippen molar-refractivity contribution in [1.29, 1.82) is 0 Å². The molecule has 4 heterocycles. The van der Waals surface area contributed by atoms with Gasteiger partial charge in [0.1, 0.15) is 73.1 Å². The quantitative estimate of drug-likeness (QED) is 0.0790. The first-order valence-corrected chi connectivity index (χ1v) is 28.3. The second-order valence-corrected chi connectivity index (χ2v) is 26.0. The number of esters is 1. The van der Waals surface area contributed by atoms with E-state index >= 15 is 4.79 Å². The Balaban J connectivity index is 1.01. The molecule has 15 unspecified atom stereocenters. The smallest absolute Gasteiger partial charge is 0.317 e. The molecule has 0 bridgehead atoms. The van der Waals surface area contributed by atoms with Crippen LogP contribution in [0.15, 0.2) is 11.6 Å². The number of ether oxygens (including phenoxy) is 9. The molecule has 0 aromatic rings. The van der Waals surface area contributed by atoms with Gasteiger partial charge in [-0.25, -0.2) is 0 Å². The number of rotatable bonds is 13. The van der Waals surface area contributed by atoms with Crippen LogP contribution >= 0.6 is 0 Å². The van der Waals surface area contributed by atoms with Crippen molar-refractivity contribution in [1.82, 2.24) is 5.32 Å². The Hall–Kier alpha value is -2.08. The van der Waals surface area contributed by atoms with Gasteiger partial charge in [-0.2, -0.15) is 0 Å². The Morgan fingerprint density at radius 2 is 1.37 bits per heavy atom. The molecule has 8 fully saturated rings. The molecule has 4 saturated heterocycles. The van der Waals surface area contributed by atoms with Crippen molar-refractivity contribution >= 4 is 11.9 Å². The number of hydrogen-bond donors (Lipinski definition) is 12. The Bertz CT molecular complexity index is 2190. The van der Waals surface area contributed by atoms with Crippen LogP contribution in [0.5, 0.6) is 0 Å². The number of aliphatic hydroxyl groups is 11. The molecule has 4 aliphatic heterocycles. The zero-order valence-electron chi connectivity index (χ0n) is 46.5. The van der Waals surface area contributed by atoms with Crippen molar-refractivity contribution in [3.05, 3.63) is 11.6 Å². The summed E-state index contributed by atoms with van der Waals surface area (Å²) in [5.41, 5.74) is -2.61. The normalized spacial score (nSPS) is 52.9. The number of aliphatic hydroxyl groups excluding tert-OH is 11. The number of amides is 1. The first kappa shape index (κ1) is 60.5. The molecule has 0 radical (unpaired) electrons. The number of nitrogens with one attached hydrogen (secondary N) is 1. The lowest BCUT2D eigenvalue weighted by Gasteiger charge is -2.71. The van der Waals surface area contributed by atoms with Crippen LogP contribution in [0, 0.1) is 44.8 Å². The van der Waals surface area contributed by atoms with Crippen LogP contribution in [-0.4, -0.2) is 223 Å². The van der Waals surface area contributed by atoms with Crippen molar-refractivity contribution in [2.45, 2.75) is 248 Å². The first-order valence-electron chi connectivity index (χ1n) is 28.3. The molecular weight excluding hydrogens is 1030 g/mol. The van der Waals surface area contributed by atoms with E-state index in [9.17, 15) is 61.0 Å². The molecule has 12 N–H and O–H groups in total. The van der Waals surface area contributed by atoms with Gasteiger partial charge in [0.25, 0.3) is 0 Å². The summed E-state index contributed by atoms with van der Waals surface area (Å²) < 4.78 is 53.5. The molecule has 1 amide bonds. The van der Waals surface area contributed by atoms with Gasteiger partial charge in [-0.15, -0.1) is 0 Å². The number of hydrogen-bond acceptors (Lipinski definition) is 22. The summed E-state index contributed by atoms with van der Waals surface area (Å²) in [5.74, 6) is -2.04. The molecule has 4 saturated carbocycles. The zero-order chi connectivity index (χ0) is 57.0. The zero-order valence-corrected chi connectivity index (χ0v) is 46.5. The standard InChI is InChI=1S/C55H89NO22/c1-10-28-37(63)41(67)45(74-28)72-23-34(61)56-35-29(21-57)75-48(44(38(35)64)77-47-42(68)39(65)43(24(2)73-47)76-46-40(66)36(62)27(58)22-71-46)78-49(69)55-18-17-50(3,4)19-26(55)25-11-12-30-51(5)15-14-32(59)54(8,70-9)31(51)13-16-52(30,6)53(25,7)20-33(55)60/h11,24,26-33,35-48,57-60,62-68H,10,12-23H2,1-9H3,(H,56,61)/t24?,26?,27-,28+,29?,30?,31-,32+,33?,35+,36?,37?,38?,39?,40?,41?,42?,43+,44?,45-,46+,47+,48+,51?,52?,53-,54-,55-/m1/s1. The van der Waals surface area contributed by atoms with Crippen LogP contribution in [0.1, 0.15) is 120 Å². The monoisotopic (exact) mass is 1120 g/mol. The van der Waals surface area contributed by atoms with E-state index in [1.165, 1.54) is 6.92 Å². The fraction of sp³-hybridized carbons (Fsp3) is 0.927. The number of methoxy groups -OCH3 is 1. The highest BCUT2D eigenvalue weighted by Gasteiger charge is 2.72. The highest BCUT2D eigenvalue weighted by molar-refractivity contribution is 5.80. The minimum Gasteiger partial charge on any atom is -0.432 e. The highest BCUT2D eigenvalue weighted by atomic mass is 16.8. The SMILES string of the molecule is CC[C@@H]1O[C@@H](OCC(=O)N[C@H]2C(CO)O[C@@H](OC(=O)[C@]34CCC(C)(C)CC3C3=CCC5C6(C)CC[C@H](O)[C@](C)(OC)[C@@H]6CCC5(C)[C@]3(C)CC4O)C(O[C@@H]3OC(C)[C@H](O[C@@H]4OC[C@@H](O)C(O)C4O)C(O)C3O)C2O)C(O)C1O. The third kappa shape index (κ3) is 9.83. The van der Waals surface area contributed by atoms with Gasteiger partial charge in [0.05, 0.1) is 49.3 Å². The topological polar surface area (TPSA) is 352 Å². The molecule has 9 aliphatic rings. The Morgan fingerprint density at radius 1 is 0.705 bits per heavy atom. The van der Waals surface area contributed by atoms with Crippen LogP contribution in [-0.2, 0) is 52.2 Å². The van der Waals surface area contributed by atoms with Crippen molar-refractivity contribution in [3.8, 4) is 0 Å². The van der Waals surface area contributed by atoms with E-state index in [-0.39, 0.29) is 40.9 Å². The molecule has 9 rings (SSSR count). The van der Waals surface area contributed by atoms with Crippen LogP contribution in [0.4, 0.5) is 0 Å². The van der Waals surface area contributed by atoms with Crippen molar-refractivity contribution in [2.24, 2.45) is 44.8 Å². The Labute approximate surface area is 455 Å². The molecular formula is C55H89NO22. The van der Waals surface area contributed by atoms with E-state index in [2.05, 4.69) is 46.0 Å². The van der Waals surface area contributed by atoms with Gasteiger partial charge >= 0.3 is 5.97 Å². The summed E-state index contributed by atoms with van der Waals surface area (Å²) in [6, 6.07) is -1.55. The Kier molecular flexibility index (Phi) is 17.2. The van der Waals surface area contributed by atoms with Gasteiger partial charge < -0.3 is 104 Å². The van der Waals surface area contributed by atoms with Crippen LogP contribution in [0.3, 0.4) is 0 Å². The van der Waals surface area contributed by atoms with Crippen molar-refractivity contribution in [2.75, 3.05) is 26.9 Å². The van der Waals surface area contributed by atoms with Gasteiger partial charge in [0.15, 0.2) is 25.0 Å². The lowest BCUT2D eigenvalue weighted by atomic mass is 9.34. The van der Waals surface area contributed by atoms with Crippen molar-refractivity contribution < 1.29 is 108 Å². The van der Waals surface area contributed by atoms with E-state index in [1.807, 2.05) is 6.92 Å². The third-order valence-electron chi connectivity index (χ3n) is 21.4. The van der Waals surface area contributed by atoms with Gasteiger partial charge in [-0.05, 0) is 117 Å². The van der Waals surface area contributed by atoms with E-state index in [0.29, 0.717) is 32.1 Å². The lowest BCUT2D eigenvalue weighted by molar-refractivity contribution is -0.370. The van der Waals surface area contributed by atoms with Crippen LogP contribution in [0.2, 0.25) is 0 Å². The molecule has 23 heteroatoms. The maximum Gasteiger partial charge on any atom is 0.317 e. The summed E-state index contributed by atoms with van der Waals surface area (Å²) in [4.78, 5) is 29.3. The van der Waals surface area contributed by atoms with E-state index in [4.69, 9.17) is 42.6 Å². The fourth-order valence-corrected chi connectivity index (χ4v) is 16.4.